The van der Waals surface area contributed by atoms with E-state index in [1.54, 1.807) is 17.6 Å². The van der Waals surface area contributed by atoms with E-state index in [0.29, 0.717) is 31.4 Å². The molecule has 5 rings (SSSR count). The molecule has 1 atom stereocenters. The van der Waals surface area contributed by atoms with Gasteiger partial charge in [-0.3, -0.25) is 19.8 Å². The van der Waals surface area contributed by atoms with E-state index in [1.807, 2.05) is 41.3 Å². The number of para-hydroxylation sites is 1. The molecule has 10 nitrogen and oxygen atoms in total. The molecule has 2 heterocycles. The first-order valence-electron chi connectivity index (χ1n) is 14.5. The fourth-order valence-corrected chi connectivity index (χ4v) is 6.59. The summed E-state index contributed by atoms with van der Waals surface area (Å²) in [4.78, 5) is 20.3. The quantitative estimate of drug-likeness (QED) is 0.143. The summed E-state index contributed by atoms with van der Waals surface area (Å²) >= 11 is 0. The molecule has 1 aromatic heterocycles. The maximum atomic E-state index is 13.1. The smallest absolute Gasteiger partial charge is 0.262 e. The first kappa shape index (κ1) is 30.7. The Hall–Kier alpha value is -3.74. The largest absolute Gasteiger partial charge is 0.489 e. The van der Waals surface area contributed by atoms with Crippen molar-refractivity contribution in [1.29, 1.82) is 0 Å². The number of sulfonamides is 1. The van der Waals surface area contributed by atoms with Crippen molar-refractivity contribution in [2.75, 3.05) is 32.7 Å². The summed E-state index contributed by atoms with van der Waals surface area (Å²) < 4.78 is 34.9. The van der Waals surface area contributed by atoms with E-state index >= 15 is 0 Å². The van der Waals surface area contributed by atoms with Gasteiger partial charge in [-0.1, -0.05) is 62.4 Å². The maximum absolute atomic E-state index is 13.1. The number of benzene rings is 3. The van der Waals surface area contributed by atoms with Gasteiger partial charge in [-0.25, -0.2) is 18.6 Å². The average Bonchev–Trinajstić information content (AvgIpc) is 3.40. The number of piperazine rings is 1. The van der Waals surface area contributed by atoms with Gasteiger partial charge in [-0.05, 0) is 41.8 Å². The maximum Gasteiger partial charge on any atom is 0.262 e. The van der Waals surface area contributed by atoms with Crippen molar-refractivity contribution in [3.05, 3.63) is 95.7 Å². The zero-order valence-electron chi connectivity index (χ0n) is 24.5. The minimum Gasteiger partial charge on any atom is -0.489 e. The molecule has 3 aromatic carbocycles. The summed E-state index contributed by atoms with van der Waals surface area (Å²) in [6, 6.07) is 23.6. The van der Waals surface area contributed by atoms with Gasteiger partial charge in [0.25, 0.3) is 5.91 Å². The predicted molar refractivity (Wildman–Crippen MR) is 165 cm³/mol. The van der Waals surface area contributed by atoms with Crippen LogP contribution in [0.2, 0.25) is 0 Å². The summed E-state index contributed by atoms with van der Waals surface area (Å²) in [6.07, 6.45) is 0. The van der Waals surface area contributed by atoms with Crippen LogP contribution in [-0.4, -0.2) is 73.1 Å². The Morgan fingerprint density at radius 1 is 0.953 bits per heavy atom. The normalized spacial score (nSPS) is 15.5. The van der Waals surface area contributed by atoms with Crippen LogP contribution in [0.5, 0.6) is 5.75 Å². The van der Waals surface area contributed by atoms with Crippen LogP contribution < -0.4 is 14.9 Å². The summed E-state index contributed by atoms with van der Waals surface area (Å²) in [5.74, 6) is 0.186. The van der Waals surface area contributed by atoms with Crippen molar-refractivity contribution >= 4 is 26.8 Å². The van der Waals surface area contributed by atoms with Gasteiger partial charge in [0.1, 0.15) is 18.4 Å². The van der Waals surface area contributed by atoms with E-state index in [-0.39, 0.29) is 11.4 Å². The molecule has 0 bridgehead atoms. The lowest BCUT2D eigenvalue weighted by Gasteiger charge is -2.38. The topological polar surface area (TPSA) is 127 Å². The number of nitrogens with one attached hydrogen (secondary N) is 3. The highest BCUT2D eigenvalue weighted by molar-refractivity contribution is 7.89. The number of hydrogen-bond donors (Lipinski definition) is 4. The first-order chi connectivity index (χ1) is 20.7. The zero-order valence-corrected chi connectivity index (χ0v) is 25.3. The highest BCUT2D eigenvalue weighted by Gasteiger charge is 2.30. The number of carbonyl (C=O) groups excluding carboxylic acids is 1. The number of aromatic nitrogens is 1. The number of aromatic amines is 1. The van der Waals surface area contributed by atoms with Crippen LogP contribution in [0.1, 0.15) is 36.6 Å². The summed E-state index contributed by atoms with van der Waals surface area (Å²) in [5, 5.41) is 10.5. The van der Waals surface area contributed by atoms with Crippen molar-refractivity contribution in [3.8, 4) is 5.75 Å². The number of amides is 1. The van der Waals surface area contributed by atoms with E-state index in [9.17, 15) is 18.4 Å². The number of carbonyl (C=O) groups is 1. The van der Waals surface area contributed by atoms with Crippen LogP contribution in [0, 0.1) is 0 Å². The van der Waals surface area contributed by atoms with E-state index in [0.717, 1.165) is 41.8 Å². The Balaban J connectivity index is 1.18. The molecule has 1 amide bonds. The minimum atomic E-state index is -3.92. The van der Waals surface area contributed by atoms with Crippen LogP contribution >= 0.6 is 0 Å². The summed E-state index contributed by atoms with van der Waals surface area (Å²) in [5.41, 5.74) is 6.16. The van der Waals surface area contributed by atoms with Gasteiger partial charge in [0.05, 0.1) is 4.90 Å². The average molecular weight is 606 g/mol. The van der Waals surface area contributed by atoms with Gasteiger partial charge >= 0.3 is 0 Å². The number of hydrogen-bond acceptors (Lipinski definition) is 7. The number of ether oxygens (including phenoxy) is 1. The van der Waals surface area contributed by atoms with Gasteiger partial charge < -0.3 is 9.72 Å². The number of hydroxylamine groups is 1. The molecular weight excluding hydrogens is 566 g/mol. The van der Waals surface area contributed by atoms with Gasteiger partial charge in [-0.2, -0.15) is 0 Å². The highest BCUT2D eigenvalue weighted by Crippen LogP contribution is 2.29. The lowest BCUT2D eigenvalue weighted by molar-refractivity contribution is -0.135. The zero-order chi connectivity index (χ0) is 30.4. The third kappa shape index (κ3) is 7.43. The Kier molecular flexibility index (Phi) is 9.79. The molecule has 0 unspecified atom stereocenters. The Morgan fingerprint density at radius 2 is 1.63 bits per heavy atom. The number of fused-ring (bicyclic) bond motifs is 1. The second-order valence-corrected chi connectivity index (χ2v) is 12.9. The second kappa shape index (κ2) is 13.7. The highest BCUT2D eigenvalue weighted by atomic mass is 32.2. The van der Waals surface area contributed by atoms with Crippen LogP contribution in [0.3, 0.4) is 0 Å². The molecule has 0 radical (unpaired) electrons. The fourth-order valence-electron chi connectivity index (χ4n) is 5.55. The molecular formula is C32H39N5O5S. The monoisotopic (exact) mass is 605 g/mol. The van der Waals surface area contributed by atoms with E-state index < -0.39 is 22.0 Å². The molecule has 1 aliphatic rings. The van der Waals surface area contributed by atoms with Gasteiger partial charge in [0, 0.05) is 61.4 Å². The standard InChI is InChI=1S/C32H39N5O5S/c1-23(2)31-28(27-10-6-7-11-29(27)34-31)22-42-25-12-14-26(15-13-25)43(40,41)33-20-30(32(38)35-39)37-18-16-36(17-19-37)21-24-8-4-3-5-9-24/h3-15,23,30,33-34,39H,16-22H2,1-2H3,(H,35,38)/t30-/m0/s1. The van der Waals surface area contributed by atoms with E-state index in [4.69, 9.17) is 4.74 Å². The molecule has 0 aliphatic carbocycles. The second-order valence-electron chi connectivity index (χ2n) is 11.1. The lowest BCUT2D eigenvalue weighted by Crippen LogP contribution is -2.57. The van der Waals surface area contributed by atoms with Gasteiger partial charge in [0.15, 0.2) is 0 Å². The van der Waals surface area contributed by atoms with Crippen molar-refractivity contribution in [2.24, 2.45) is 0 Å². The Labute approximate surface area is 252 Å². The van der Waals surface area contributed by atoms with Crippen molar-refractivity contribution in [3.63, 3.8) is 0 Å². The van der Waals surface area contributed by atoms with Gasteiger partial charge in [0.2, 0.25) is 10.0 Å². The van der Waals surface area contributed by atoms with E-state index in [1.165, 1.54) is 17.7 Å². The molecule has 4 aromatic rings. The Morgan fingerprint density at radius 3 is 2.30 bits per heavy atom. The number of H-pyrrole nitrogens is 1. The van der Waals surface area contributed by atoms with Crippen molar-refractivity contribution in [1.82, 2.24) is 25.0 Å². The third-order valence-corrected chi connectivity index (χ3v) is 9.36. The van der Waals surface area contributed by atoms with Crippen LogP contribution in [-0.2, 0) is 28.0 Å². The lowest BCUT2D eigenvalue weighted by atomic mass is 10.0. The predicted octanol–water partition coefficient (Wildman–Crippen LogP) is 3.84. The molecule has 11 heteroatoms. The third-order valence-electron chi connectivity index (χ3n) is 7.92. The SMILES string of the molecule is CC(C)c1[nH]c2ccccc2c1COc1ccc(S(=O)(=O)NC[C@@H](C(=O)NO)N2CCN(Cc3ccccc3)CC2)cc1. The number of rotatable bonds is 12. The fraction of sp³-hybridized carbons (Fsp3) is 0.344. The summed E-state index contributed by atoms with van der Waals surface area (Å²) in [6.45, 7) is 7.79. The van der Waals surface area contributed by atoms with Crippen LogP contribution in [0.25, 0.3) is 10.9 Å². The molecule has 0 spiro atoms. The van der Waals surface area contributed by atoms with Crippen molar-refractivity contribution < 1.29 is 23.2 Å². The Bertz CT molecular complexity index is 1620. The van der Waals surface area contributed by atoms with Gasteiger partial charge in [-0.15, -0.1) is 0 Å². The minimum absolute atomic E-state index is 0.0608. The molecule has 1 fully saturated rings. The van der Waals surface area contributed by atoms with E-state index in [2.05, 4.69) is 46.7 Å². The molecule has 43 heavy (non-hydrogen) atoms. The molecule has 4 N–H and O–H groups in total. The number of nitrogens with zero attached hydrogens (tertiary/aromatic N) is 2. The molecule has 1 saturated heterocycles. The van der Waals surface area contributed by atoms with Crippen LogP contribution in [0.15, 0.2) is 83.8 Å². The molecule has 1 aliphatic heterocycles. The molecule has 228 valence electrons. The molecule has 0 saturated carbocycles. The van der Waals surface area contributed by atoms with Crippen LogP contribution in [0.4, 0.5) is 0 Å². The first-order valence-corrected chi connectivity index (χ1v) is 16.0. The summed E-state index contributed by atoms with van der Waals surface area (Å²) in [7, 11) is -3.92. The van der Waals surface area contributed by atoms with Crippen molar-refractivity contribution in [2.45, 2.75) is 43.9 Å².